The summed E-state index contributed by atoms with van der Waals surface area (Å²) < 4.78 is 11.9. The lowest BCUT2D eigenvalue weighted by molar-refractivity contribution is -0.233. The molecule has 0 bridgehead atoms. The molecule has 0 atom stereocenters. The third-order valence-corrected chi connectivity index (χ3v) is 3.08. The second kappa shape index (κ2) is 7.71. The van der Waals surface area contributed by atoms with Gasteiger partial charge in [-0.2, -0.15) is 0 Å². The molecule has 0 fully saturated rings. The lowest BCUT2D eigenvalue weighted by atomic mass is 10.1. The molecule has 2 rings (SSSR count). The topological polar surface area (TPSA) is 56.3 Å². The Labute approximate surface area is 125 Å². The fourth-order valence-electron chi connectivity index (χ4n) is 2.17. The Morgan fingerprint density at radius 1 is 0.905 bits per heavy atom. The van der Waals surface area contributed by atoms with Crippen LogP contribution >= 0.6 is 0 Å². The van der Waals surface area contributed by atoms with Crippen LogP contribution in [-0.4, -0.2) is 29.7 Å². The van der Waals surface area contributed by atoms with E-state index in [9.17, 15) is 0 Å². The van der Waals surface area contributed by atoms with Crippen molar-refractivity contribution in [3.05, 3.63) is 54.6 Å². The number of anilines is 1. The van der Waals surface area contributed by atoms with Gasteiger partial charge in [-0.05, 0) is 38.1 Å². The van der Waals surface area contributed by atoms with Gasteiger partial charge in [0.1, 0.15) is 0 Å². The molecule has 2 heterocycles. The first-order valence-electron chi connectivity index (χ1n) is 7.13. The van der Waals surface area contributed by atoms with Crippen molar-refractivity contribution in [1.82, 2.24) is 9.97 Å². The van der Waals surface area contributed by atoms with E-state index in [2.05, 4.69) is 15.3 Å². The van der Waals surface area contributed by atoms with Crippen molar-refractivity contribution in [3.63, 3.8) is 0 Å². The van der Waals surface area contributed by atoms with Crippen molar-refractivity contribution in [2.45, 2.75) is 19.6 Å². The molecule has 5 nitrogen and oxygen atoms in total. The number of rotatable bonds is 8. The molecular formula is C16H21N3O2. The van der Waals surface area contributed by atoms with Gasteiger partial charge in [-0.3, -0.25) is 9.97 Å². The summed E-state index contributed by atoms with van der Waals surface area (Å²) in [7, 11) is 0. The fraction of sp³-hybridized carbons (Fsp3) is 0.375. The van der Waals surface area contributed by atoms with E-state index in [1.165, 1.54) is 0 Å². The molecule has 0 spiro atoms. The maximum Gasteiger partial charge on any atom is 0.212 e. The van der Waals surface area contributed by atoms with Crippen molar-refractivity contribution < 1.29 is 9.47 Å². The van der Waals surface area contributed by atoms with Gasteiger partial charge in [0.2, 0.25) is 5.79 Å². The predicted octanol–water partition coefficient (Wildman–Crippen LogP) is 2.81. The smallest absolute Gasteiger partial charge is 0.212 e. The Kier molecular flexibility index (Phi) is 5.66. The molecule has 0 aliphatic rings. The van der Waals surface area contributed by atoms with E-state index in [4.69, 9.17) is 9.47 Å². The van der Waals surface area contributed by atoms with Gasteiger partial charge in [0, 0.05) is 49.3 Å². The Morgan fingerprint density at radius 2 is 1.43 bits per heavy atom. The van der Waals surface area contributed by atoms with Crippen molar-refractivity contribution in [1.29, 1.82) is 0 Å². The summed E-state index contributed by atoms with van der Waals surface area (Å²) in [5, 5.41) is 3.34. The predicted molar refractivity (Wildman–Crippen MR) is 81.9 cm³/mol. The summed E-state index contributed by atoms with van der Waals surface area (Å²) in [4.78, 5) is 8.07. The Morgan fingerprint density at radius 3 is 1.95 bits per heavy atom. The highest BCUT2D eigenvalue weighted by atomic mass is 16.7. The zero-order valence-electron chi connectivity index (χ0n) is 12.5. The molecule has 5 heteroatoms. The number of nitrogens with zero attached hydrogens (tertiary/aromatic N) is 2. The molecular weight excluding hydrogens is 266 g/mol. The highest BCUT2D eigenvalue weighted by Crippen LogP contribution is 2.27. The monoisotopic (exact) mass is 287 g/mol. The minimum Gasteiger partial charge on any atom is -0.379 e. The molecule has 0 saturated heterocycles. The molecule has 0 saturated carbocycles. The second-order valence-electron chi connectivity index (χ2n) is 4.44. The highest BCUT2D eigenvalue weighted by molar-refractivity contribution is 5.41. The van der Waals surface area contributed by atoms with Gasteiger partial charge in [0.25, 0.3) is 0 Å². The summed E-state index contributed by atoms with van der Waals surface area (Å²) in [5.74, 6) is -0.824. The molecule has 2 aromatic heterocycles. The van der Waals surface area contributed by atoms with E-state index in [-0.39, 0.29) is 0 Å². The Balaban J connectivity index is 2.22. The number of nitrogens with one attached hydrogen (secondary N) is 1. The molecule has 2 aromatic rings. The lowest BCUT2D eigenvalue weighted by Crippen LogP contribution is -2.40. The van der Waals surface area contributed by atoms with E-state index >= 15 is 0 Å². The van der Waals surface area contributed by atoms with Crippen molar-refractivity contribution in [3.8, 4) is 0 Å². The Hall–Kier alpha value is -1.98. The van der Waals surface area contributed by atoms with Gasteiger partial charge in [-0.15, -0.1) is 0 Å². The SMILES string of the molecule is CCOC(CNc1ccncc1)(OCC)c1ccncc1. The highest BCUT2D eigenvalue weighted by Gasteiger charge is 2.33. The molecule has 0 unspecified atom stereocenters. The van der Waals surface area contributed by atoms with E-state index in [0.717, 1.165) is 11.3 Å². The lowest BCUT2D eigenvalue weighted by Gasteiger charge is -2.34. The molecule has 21 heavy (non-hydrogen) atoms. The van der Waals surface area contributed by atoms with Crippen LogP contribution in [0.1, 0.15) is 19.4 Å². The summed E-state index contributed by atoms with van der Waals surface area (Å²) in [5.41, 5.74) is 1.92. The minimum absolute atomic E-state index is 0.503. The van der Waals surface area contributed by atoms with Gasteiger partial charge in [-0.25, -0.2) is 0 Å². The van der Waals surface area contributed by atoms with Crippen LogP contribution in [0.3, 0.4) is 0 Å². The van der Waals surface area contributed by atoms with Crippen LogP contribution in [0.25, 0.3) is 0 Å². The molecule has 0 aliphatic carbocycles. The molecule has 0 amide bonds. The summed E-state index contributed by atoms with van der Waals surface area (Å²) in [6.07, 6.45) is 6.98. The van der Waals surface area contributed by atoms with Crippen LogP contribution in [-0.2, 0) is 15.3 Å². The van der Waals surface area contributed by atoms with Gasteiger partial charge >= 0.3 is 0 Å². The second-order valence-corrected chi connectivity index (χ2v) is 4.44. The first-order valence-corrected chi connectivity index (χ1v) is 7.13. The minimum atomic E-state index is -0.824. The summed E-state index contributed by atoms with van der Waals surface area (Å²) in [6, 6.07) is 7.66. The largest absolute Gasteiger partial charge is 0.379 e. The average Bonchev–Trinajstić information content (AvgIpc) is 2.55. The normalized spacial score (nSPS) is 11.3. The molecule has 0 aliphatic heterocycles. The van der Waals surface area contributed by atoms with Gasteiger partial charge in [-0.1, -0.05) is 0 Å². The average molecular weight is 287 g/mol. The Bertz CT molecular complexity index is 514. The third kappa shape index (κ3) is 4.00. The maximum absolute atomic E-state index is 5.95. The maximum atomic E-state index is 5.95. The molecule has 112 valence electrons. The van der Waals surface area contributed by atoms with E-state index in [1.807, 2.05) is 38.1 Å². The number of ether oxygens (including phenoxy) is 2. The van der Waals surface area contributed by atoms with Gasteiger partial charge in [0.05, 0.1) is 6.54 Å². The number of aromatic nitrogens is 2. The van der Waals surface area contributed by atoms with Crippen molar-refractivity contribution >= 4 is 5.69 Å². The number of hydrogen-bond donors (Lipinski definition) is 1. The summed E-state index contributed by atoms with van der Waals surface area (Å²) >= 11 is 0. The van der Waals surface area contributed by atoms with Gasteiger partial charge in [0.15, 0.2) is 0 Å². The van der Waals surface area contributed by atoms with Crippen LogP contribution in [0.5, 0.6) is 0 Å². The van der Waals surface area contributed by atoms with Crippen molar-refractivity contribution in [2.75, 3.05) is 25.1 Å². The van der Waals surface area contributed by atoms with Crippen molar-refractivity contribution in [2.24, 2.45) is 0 Å². The van der Waals surface area contributed by atoms with E-state index in [0.29, 0.717) is 19.8 Å². The number of pyridine rings is 2. The van der Waals surface area contributed by atoms with Gasteiger partial charge < -0.3 is 14.8 Å². The fourth-order valence-corrected chi connectivity index (χ4v) is 2.17. The third-order valence-electron chi connectivity index (χ3n) is 3.08. The van der Waals surface area contributed by atoms with Crippen LogP contribution < -0.4 is 5.32 Å². The van der Waals surface area contributed by atoms with Crippen LogP contribution in [0.15, 0.2) is 49.1 Å². The zero-order chi connectivity index (χ0) is 15.0. The van der Waals surface area contributed by atoms with E-state index < -0.39 is 5.79 Å². The quantitative estimate of drug-likeness (QED) is 0.757. The molecule has 0 radical (unpaired) electrons. The number of hydrogen-bond acceptors (Lipinski definition) is 5. The molecule has 1 N–H and O–H groups in total. The summed E-state index contributed by atoms with van der Waals surface area (Å²) in [6.45, 7) is 5.53. The first-order chi connectivity index (χ1) is 10.3. The van der Waals surface area contributed by atoms with Crippen LogP contribution in [0, 0.1) is 0 Å². The molecule has 0 aromatic carbocycles. The van der Waals surface area contributed by atoms with Crippen LogP contribution in [0.4, 0.5) is 5.69 Å². The first kappa shape index (κ1) is 15.4. The standard InChI is InChI=1S/C16H21N3O2/c1-3-20-16(21-4-2,14-5-9-17-10-6-14)13-19-15-7-11-18-12-8-15/h5-12H,3-4,13H2,1-2H3,(H,18,19). The van der Waals surface area contributed by atoms with Crippen LogP contribution in [0.2, 0.25) is 0 Å². The zero-order valence-corrected chi connectivity index (χ0v) is 12.5. The van der Waals surface area contributed by atoms with E-state index in [1.54, 1.807) is 24.8 Å².